The molecule has 0 spiro atoms. The average molecular weight is 295 g/mol. The van der Waals surface area contributed by atoms with Gasteiger partial charge in [0.25, 0.3) is 0 Å². The third-order valence-electron chi connectivity index (χ3n) is 3.53. The smallest absolute Gasteiger partial charge is 0.323 e. The number of carbonyl (C=O) groups is 1. The zero-order chi connectivity index (χ0) is 15.2. The molecule has 1 heterocycles. The predicted molar refractivity (Wildman–Crippen MR) is 79.8 cm³/mol. The Morgan fingerprint density at radius 1 is 1.48 bits per heavy atom. The number of ether oxygens (including phenoxy) is 1. The van der Waals surface area contributed by atoms with E-state index in [1.807, 2.05) is 11.0 Å². The summed E-state index contributed by atoms with van der Waals surface area (Å²) in [6.07, 6.45) is 0.274. The van der Waals surface area contributed by atoms with Crippen molar-refractivity contribution in [2.75, 3.05) is 37.7 Å². The quantitative estimate of drug-likeness (QED) is 0.782. The van der Waals surface area contributed by atoms with Crippen molar-refractivity contribution < 1.29 is 13.9 Å². The Kier molecular flexibility index (Phi) is 5.52. The lowest BCUT2D eigenvalue weighted by Crippen LogP contribution is -2.44. The molecule has 0 amide bonds. The minimum atomic E-state index is -0.770. The van der Waals surface area contributed by atoms with Gasteiger partial charge in [0.05, 0.1) is 12.3 Å². The molecule has 0 bridgehead atoms. The molecule has 1 aliphatic rings. The third kappa shape index (κ3) is 3.92. The molecule has 2 rings (SSSR count). The molecule has 1 aromatic carbocycles. The first-order valence-electron chi connectivity index (χ1n) is 7.28. The van der Waals surface area contributed by atoms with E-state index in [1.165, 1.54) is 6.07 Å². The molecular weight excluding hydrogens is 273 g/mol. The molecule has 1 fully saturated rings. The van der Waals surface area contributed by atoms with E-state index in [4.69, 9.17) is 10.5 Å². The van der Waals surface area contributed by atoms with Crippen LogP contribution in [0.15, 0.2) is 18.2 Å². The minimum Gasteiger partial charge on any atom is -0.465 e. The van der Waals surface area contributed by atoms with Gasteiger partial charge in [-0.25, -0.2) is 4.39 Å². The molecular formula is C15H22FN3O2. The number of halogens is 1. The fourth-order valence-corrected chi connectivity index (χ4v) is 2.54. The third-order valence-corrected chi connectivity index (χ3v) is 3.53. The molecule has 0 radical (unpaired) electrons. The zero-order valence-electron chi connectivity index (χ0n) is 12.3. The molecule has 0 aliphatic carbocycles. The summed E-state index contributed by atoms with van der Waals surface area (Å²) in [6, 6.07) is 4.14. The van der Waals surface area contributed by atoms with Crippen LogP contribution in [0.4, 0.5) is 10.1 Å². The number of piperazine rings is 1. The number of nitrogens with zero attached hydrogens (tertiary/aromatic N) is 1. The van der Waals surface area contributed by atoms with E-state index in [9.17, 15) is 9.18 Å². The van der Waals surface area contributed by atoms with Crippen LogP contribution in [0, 0.1) is 5.82 Å². The second kappa shape index (κ2) is 7.38. The van der Waals surface area contributed by atoms with Crippen LogP contribution in [-0.2, 0) is 16.0 Å². The van der Waals surface area contributed by atoms with Crippen molar-refractivity contribution in [2.24, 2.45) is 5.73 Å². The van der Waals surface area contributed by atoms with Gasteiger partial charge < -0.3 is 20.7 Å². The van der Waals surface area contributed by atoms with Gasteiger partial charge in [-0.15, -0.1) is 0 Å². The molecule has 5 nitrogen and oxygen atoms in total. The fourth-order valence-electron chi connectivity index (χ4n) is 2.54. The van der Waals surface area contributed by atoms with E-state index in [2.05, 4.69) is 5.32 Å². The molecule has 1 unspecified atom stereocenters. The van der Waals surface area contributed by atoms with Gasteiger partial charge in [-0.1, -0.05) is 12.1 Å². The van der Waals surface area contributed by atoms with Gasteiger partial charge in [-0.05, 0) is 18.6 Å². The largest absolute Gasteiger partial charge is 0.465 e. The summed E-state index contributed by atoms with van der Waals surface area (Å²) in [5.74, 6) is -0.724. The SMILES string of the molecule is CCOC(=O)C(N)Cc1cccc(F)c1N1CCNCC1. The van der Waals surface area contributed by atoms with Crippen LogP contribution in [0.3, 0.4) is 0 Å². The molecule has 0 aromatic heterocycles. The van der Waals surface area contributed by atoms with Crippen LogP contribution in [0.1, 0.15) is 12.5 Å². The van der Waals surface area contributed by atoms with Crippen LogP contribution in [0.25, 0.3) is 0 Å². The lowest BCUT2D eigenvalue weighted by Gasteiger charge is -2.31. The van der Waals surface area contributed by atoms with Crippen LogP contribution in [-0.4, -0.2) is 44.8 Å². The minimum absolute atomic E-state index is 0.273. The average Bonchev–Trinajstić information content (AvgIpc) is 2.48. The van der Waals surface area contributed by atoms with E-state index in [0.29, 0.717) is 12.3 Å². The normalized spacial score (nSPS) is 16.6. The number of hydrogen-bond donors (Lipinski definition) is 2. The van der Waals surface area contributed by atoms with Crippen LogP contribution in [0.5, 0.6) is 0 Å². The van der Waals surface area contributed by atoms with E-state index in [1.54, 1.807) is 13.0 Å². The fraction of sp³-hybridized carbons (Fsp3) is 0.533. The predicted octanol–water partition coefficient (Wildman–Crippen LogP) is 0.668. The first-order valence-corrected chi connectivity index (χ1v) is 7.28. The summed E-state index contributed by atoms with van der Waals surface area (Å²) >= 11 is 0. The Hall–Kier alpha value is -1.66. The number of para-hydroxylation sites is 1. The molecule has 1 atom stereocenters. The van der Waals surface area contributed by atoms with Gasteiger partial charge in [0.15, 0.2) is 0 Å². The van der Waals surface area contributed by atoms with Crippen molar-refractivity contribution >= 4 is 11.7 Å². The molecule has 21 heavy (non-hydrogen) atoms. The number of nitrogens with two attached hydrogens (primary N) is 1. The Morgan fingerprint density at radius 2 is 2.19 bits per heavy atom. The standard InChI is InChI=1S/C15H22FN3O2/c1-2-21-15(20)13(17)10-11-4-3-5-12(16)14(11)19-8-6-18-7-9-19/h3-5,13,18H,2,6-10,17H2,1H3. The Bertz CT molecular complexity index is 490. The maximum atomic E-state index is 14.2. The molecule has 1 aliphatic heterocycles. The van der Waals surface area contributed by atoms with Crippen LogP contribution < -0.4 is 16.0 Å². The molecule has 0 saturated carbocycles. The number of nitrogens with one attached hydrogen (secondary N) is 1. The topological polar surface area (TPSA) is 67.6 Å². The number of anilines is 1. The first kappa shape index (κ1) is 15.7. The monoisotopic (exact) mass is 295 g/mol. The summed E-state index contributed by atoms with van der Waals surface area (Å²) in [6.45, 7) is 5.14. The van der Waals surface area contributed by atoms with Gasteiger partial charge in [0, 0.05) is 32.6 Å². The van der Waals surface area contributed by atoms with E-state index in [0.717, 1.165) is 31.7 Å². The highest BCUT2D eigenvalue weighted by Gasteiger charge is 2.22. The highest BCUT2D eigenvalue weighted by molar-refractivity contribution is 5.76. The maximum Gasteiger partial charge on any atom is 0.323 e. The Balaban J connectivity index is 2.18. The van der Waals surface area contributed by atoms with E-state index >= 15 is 0 Å². The van der Waals surface area contributed by atoms with Crippen molar-refractivity contribution in [3.63, 3.8) is 0 Å². The number of benzene rings is 1. The Morgan fingerprint density at radius 3 is 2.86 bits per heavy atom. The van der Waals surface area contributed by atoms with Crippen molar-refractivity contribution in [1.82, 2.24) is 5.32 Å². The summed E-state index contributed by atoms with van der Waals surface area (Å²) in [5, 5.41) is 3.24. The second-order valence-corrected chi connectivity index (χ2v) is 5.05. The van der Waals surface area contributed by atoms with Crippen molar-refractivity contribution in [1.29, 1.82) is 0 Å². The molecule has 1 saturated heterocycles. The second-order valence-electron chi connectivity index (χ2n) is 5.05. The highest BCUT2D eigenvalue weighted by atomic mass is 19.1. The zero-order valence-corrected chi connectivity index (χ0v) is 12.3. The summed E-state index contributed by atoms with van der Waals surface area (Å²) in [7, 11) is 0. The summed E-state index contributed by atoms with van der Waals surface area (Å²) in [4.78, 5) is 13.7. The van der Waals surface area contributed by atoms with Gasteiger partial charge in [0.2, 0.25) is 0 Å². The lowest BCUT2D eigenvalue weighted by atomic mass is 10.0. The maximum absolute atomic E-state index is 14.2. The first-order chi connectivity index (χ1) is 10.1. The number of hydrogen-bond acceptors (Lipinski definition) is 5. The summed E-state index contributed by atoms with van der Waals surface area (Å²) < 4.78 is 19.1. The van der Waals surface area contributed by atoms with Crippen LogP contribution in [0.2, 0.25) is 0 Å². The lowest BCUT2D eigenvalue weighted by molar-refractivity contribution is -0.144. The van der Waals surface area contributed by atoms with E-state index in [-0.39, 0.29) is 12.2 Å². The van der Waals surface area contributed by atoms with Gasteiger partial charge >= 0.3 is 5.97 Å². The molecule has 6 heteroatoms. The molecule has 3 N–H and O–H groups in total. The number of rotatable bonds is 5. The van der Waals surface area contributed by atoms with Gasteiger partial charge in [0.1, 0.15) is 11.9 Å². The van der Waals surface area contributed by atoms with Gasteiger partial charge in [-0.2, -0.15) is 0 Å². The van der Waals surface area contributed by atoms with Crippen molar-refractivity contribution in [3.8, 4) is 0 Å². The Labute approximate surface area is 124 Å². The summed E-state index contributed by atoms with van der Waals surface area (Å²) in [5.41, 5.74) is 7.16. The van der Waals surface area contributed by atoms with Crippen molar-refractivity contribution in [3.05, 3.63) is 29.6 Å². The number of esters is 1. The van der Waals surface area contributed by atoms with E-state index < -0.39 is 12.0 Å². The number of carbonyl (C=O) groups excluding carboxylic acids is 1. The molecule has 1 aromatic rings. The highest BCUT2D eigenvalue weighted by Crippen LogP contribution is 2.26. The molecule has 116 valence electrons. The van der Waals surface area contributed by atoms with Gasteiger partial charge in [-0.3, -0.25) is 4.79 Å². The van der Waals surface area contributed by atoms with Crippen molar-refractivity contribution in [2.45, 2.75) is 19.4 Å². The van der Waals surface area contributed by atoms with Crippen LogP contribution >= 0.6 is 0 Å².